The number of carbonyl (C=O) groups is 1. The van der Waals surface area contributed by atoms with Gasteiger partial charge in [-0.2, -0.15) is 0 Å². The van der Waals surface area contributed by atoms with Crippen molar-refractivity contribution in [3.8, 4) is 0 Å². The fourth-order valence-corrected chi connectivity index (χ4v) is 3.34. The number of nitrogens with zero attached hydrogens (tertiary/aromatic N) is 2. The standard InChI is InChI=1S/C23H29N3O3/c1-17-9-10-21-19(15-17)22(18-7-5-4-6-8-18)25-20(23(27)26(21)2)16-24-11-12-29-14-13-28-3/h4-10,15,20,24H,11-14,16H2,1-3H3. The first-order valence-corrected chi connectivity index (χ1v) is 9.91. The lowest BCUT2D eigenvalue weighted by Crippen LogP contribution is -2.41. The van der Waals surface area contributed by atoms with Crippen LogP contribution in [0.4, 0.5) is 5.69 Å². The van der Waals surface area contributed by atoms with Gasteiger partial charge >= 0.3 is 0 Å². The molecule has 0 radical (unpaired) electrons. The molecule has 3 rings (SSSR count). The zero-order chi connectivity index (χ0) is 20.6. The largest absolute Gasteiger partial charge is 0.382 e. The molecule has 1 amide bonds. The van der Waals surface area contributed by atoms with Gasteiger partial charge in [-0.1, -0.05) is 42.0 Å². The number of nitrogens with one attached hydrogen (secondary N) is 1. The van der Waals surface area contributed by atoms with Crippen LogP contribution in [0.2, 0.25) is 0 Å². The summed E-state index contributed by atoms with van der Waals surface area (Å²) in [6.07, 6.45) is 0. The molecule has 0 saturated carbocycles. The van der Waals surface area contributed by atoms with Crippen LogP contribution in [0.15, 0.2) is 53.5 Å². The molecule has 2 aromatic carbocycles. The van der Waals surface area contributed by atoms with E-state index in [0.717, 1.165) is 28.1 Å². The third-order valence-corrected chi connectivity index (χ3v) is 4.91. The van der Waals surface area contributed by atoms with E-state index in [1.165, 1.54) is 0 Å². The van der Waals surface area contributed by atoms with Crippen LogP contribution in [0.25, 0.3) is 0 Å². The van der Waals surface area contributed by atoms with Gasteiger partial charge < -0.3 is 19.7 Å². The normalized spacial score (nSPS) is 16.4. The number of fused-ring (bicyclic) bond motifs is 1. The molecule has 154 valence electrons. The first-order chi connectivity index (χ1) is 14.1. The van der Waals surface area contributed by atoms with Crippen molar-refractivity contribution in [1.29, 1.82) is 0 Å². The van der Waals surface area contributed by atoms with Crippen molar-refractivity contribution >= 4 is 17.3 Å². The van der Waals surface area contributed by atoms with E-state index < -0.39 is 6.04 Å². The van der Waals surface area contributed by atoms with Gasteiger partial charge in [0, 0.05) is 38.4 Å². The van der Waals surface area contributed by atoms with Gasteiger partial charge in [0.1, 0.15) is 6.04 Å². The summed E-state index contributed by atoms with van der Waals surface area (Å²) in [6.45, 7) is 4.87. The van der Waals surface area contributed by atoms with Gasteiger partial charge in [-0.05, 0) is 19.1 Å². The van der Waals surface area contributed by atoms with E-state index in [9.17, 15) is 4.79 Å². The number of anilines is 1. The minimum Gasteiger partial charge on any atom is -0.382 e. The Bertz CT molecular complexity index is 852. The molecule has 0 bridgehead atoms. The quantitative estimate of drug-likeness (QED) is 0.663. The van der Waals surface area contributed by atoms with E-state index in [4.69, 9.17) is 14.5 Å². The molecule has 1 atom stereocenters. The summed E-state index contributed by atoms with van der Waals surface area (Å²) in [6, 6.07) is 15.7. The second-order valence-electron chi connectivity index (χ2n) is 7.09. The van der Waals surface area contributed by atoms with Gasteiger partial charge in [0.05, 0.1) is 31.2 Å². The number of benzodiazepines with no additional fused rings is 1. The summed E-state index contributed by atoms with van der Waals surface area (Å²) < 4.78 is 10.4. The lowest BCUT2D eigenvalue weighted by atomic mass is 9.98. The first-order valence-electron chi connectivity index (χ1n) is 9.91. The third kappa shape index (κ3) is 5.29. The molecule has 0 fully saturated rings. The Kier molecular flexibility index (Phi) is 7.52. The highest BCUT2D eigenvalue weighted by atomic mass is 16.5. The van der Waals surface area contributed by atoms with E-state index in [-0.39, 0.29) is 5.91 Å². The van der Waals surface area contributed by atoms with Crippen LogP contribution >= 0.6 is 0 Å². The second-order valence-corrected chi connectivity index (χ2v) is 7.09. The monoisotopic (exact) mass is 395 g/mol. The molecule has 6 nitrogen and oxygen atoms in total. The van der Waals surface area contributed by atoms with Gasteiger partial charge in [-0.25, -0.2) is 0 Å². The van der Waals surface area contributed by atoms with Crippen LogP contribution in [0, 0.1) is 6.92 Å². The number of benzene rings is 2. The summed E-state index contributed by atoms with van der Waals surface area (Å²) in [4.78, 5) is 19.7. The highest BCUT2D eigenvalue weighted by Crippen LogP contribution is 2.28. The minimum atomic E-state index is -0.498. The average Bonchev–Trinajstić information content (AvgIpc) is 2.84. The summed E-state index contributed by atoms with van der Waals surface area (Å²) >= 11 is 0. The molecule has 6 heteroatoms. The number of amides is 1. The van der Waals surface area contributed by atoms with Gasteiger partial charge in [-0.15, -0.1) is 0 Å². The van der Waals surface area contributed by atoms with E-state index in [2.05, 4.69) is 18.3 Å². The van der Waals surface area contributed by atoms with Crippen molar-refractivity contribution in [3.05, 3.63) is 65.2 Å². The Labute approximate surface area is 172 Å². The maximum Gasteiger partial charge on any atom is 0.252 e. The van der Waals surface area contributed by atoms with Crippen LogP contribution in [0.5, 0.6) is 0 Å². The summed E-state index contributed by atoms with van der Waals surface area (Å²) in [5.41, 5.74) is 4.87. The summed E-state index contributed by atoms with van der Waals surface area (Å²) in [5, 5.41) is 3.30. The highest BCUT2D eigenvalue weighted by molar-refractivity contribution is 6.20. The molecular formula is C23H29N3O3. The van der Waals surface area contributed by atoms with Crippen molar-refractivity contribution in [2.45, 2.75) is 13.0 Å². The molecular weight excluding hydrogens is 366 g/mol. The van der Waals surface area contributed by atoms with Crippen molar-refractivity contribution < 1.29 is 14.3 Å². The topological polar surface area (TPSA) is 63.2 Å². The molecule has 0 aliphatic carbocycles. The van der Waals surface area contributed by atoms with Crippen molar-refractivity contribution in [2.75, 3.05) is 52.0 Å². The van der Waals surface area contributed by atoms with Gasteiger partial charge in [-0.3, -0.25) is 9.79 Å². The van der Waals surface area contributed by atoms with Crippen LogP contribution in [-0.2, 0) is 14.3 Å². The van der Waals surface area contributed by atoms with Crippen LogP contribution in [0.3, 0.4) is 0 Å². The van der Waals surface area contributed by atoms with Gasteiger partial charge in [0.25, 0.3) is 5.91 Å². The Morgan fingerprint density at radius 2 is 1.90 bits per heavy atom. The number of aliphatic imine (C=N–C) groups is 1. The molecule has 1 N–H and O–H groups in total. The molecule has 1 unspecified atom stereocenters. The number of hydrogen-bond acceptors (Lipinski definition) is 5. The number of rotatable bonds is 9. The maximum atomic E-state index is 13.1. The summed E-state index contributed by atoms with van der Waals surface area (Å²) in [5.74, 6) is -0.0196. The highest BCUT2D eigenvalue weighted by Gasteiger charge is 2.29. The lowest BCUT2D eigenvalue weighted by Gasteiger charge is -2.21. The number of methoxy groups -OCH3 is 1. The molecule has 2 aromatic rings. The smallest absolute Gasteiger partial charge is 0.252 e. The van der Waals surface area contributed by atoms with Crippen LogP contribution < -0.4 is 10.2 Å². The van der Waals surface area contributed by atoms with E-state index in [1.807, 2.05) is 49.5 Å². The Balaban J connectivity index is 1.82. The first kappa shape index (κ1) is 21.2. The van der Waals surface area contributed by atoms with E-state index in [1.54, 1.807) is 12.0 Å². The van der Waals surface area contributed by atoms with Gasteiger partial charge in [0.2, 0.25) is 0 Å². The number of aryl methyl sites for hydroxylation is 1. The molecule has 1 heterocycles. The number of ether oxygens (including phenoxy) is 2. The second kappa shape index (κ2) is 10.3. The summed E-state index contributed by atoms with van der Waals surface area (Å²) in [7, 11) is 3.47. The SMILES string of the molecule is COCCOCCNCC1N=C(c2ccccc2)c2cc(C)ccc2N(C)C1=O. The average molecular weight is 396 g/mol. The molecule has 0 spiro atoms. The van der Waals surface area contributed by atoms with Gasteiger partial charge in [0.15, 0.2) is 0 Å². The van der Waals surface area contributed by atoms with Crippen molar-refractivity contribution in [3.63, 3.8) is 0 Å². The van der Waals surface area contributed by atoms with Crippen LogP contribution in [-0.4, -0.2) is 64.7 Å². The molecule has 1 aliphatic heterocycles. The molecule has 1 aliphatic rings. The Morgan fingerprint density at radius 3 is 2.66 bits per heavy atom. The predicted octanol–water partition coefficient (Wildman–Crippen LogP) is 2.43. The maximum absolute atomic E-state index is 13.1. The third-order valence-electron chi connectivity index (χ3n) is 4.91. The van der Waals surface area contributed by atoms with Crippen molar-refractivity contribution in [1.82, 2.24) is 5.32 Å². The fourth-order valence-electron chi connectivity index (χ4n) is 3.34. The number of carbonyl (C=O) groups excluding carboxylic acids is 1. The zero-order valence-corrected chi connectivity index (χ0v) is 17.4. The number of likely N-dealkylation sites (N-methyl/N-ethyl adjacent to an activating group) is 1. The Hall–Kier alpha value is -2.54. The Morgan fingerprint density at radius 1 is 1.10 bits per heavy atom. The molecule has 0 saturated heterocycles. The van der Waals surface area contributed by atoms with E-state index in [0.29, 0.717) is 32.9 Å². The molecule has 29 heavy (non-hydrogen) atoms. The number of hydrogen-bond donors (Lipinski definition) is 1. The van der Waals surface area contributed by atoms with Crippen molar-refractivity contribution in [2.24, 2.45) is 4.99 Å². The minimum absolute atomic E-state index is 0.0196. The van der Waals surface area contributed by atoms with E-state index >= 15 is 0 Å². The predicted molar refractivity (Wildman–Crippen MR) is 116 cm³/mol. The fraction of sp³-hybridized carbons (Fsp3) is 0.391. The lowest BCUT2D eigenvalue weighted by molar-refractivity contribution is -0.119. The van der Waals surface area contributed by atoms with Crippen LogP contribution in [0.1, 0.15) is 16.7 Å². The molecule has 0 aromatic heterocycles. The zero-order valence-electron chi connectivity index (χ0n) is 17.4.